The van der Waals surface area contributed by atoms with Gasteiger partial charge in [-0.2, -0.15) is 0 Å². The van der Waals surface area contributed by atoms with Gasteiger partial charge >= 0.3 is 11.9 Å². The standard InChI is InChI=1S/C20H15FO6/c1-11(22)25-10-17-18(27-12(2)23)8-7-15-19(24)16(9-26-20(15)17)13-3-5-14(21)6-4-13/h3-9H,10H2,1-2H3. The second kappa shape index (κ2) is 7.41. The molecule has 0 saturated heterocycles. The maximum Gasteiger partial charge on any atom is 0.308 e. The van der Waals surface area contributed by atoms with Crippen LogP contribution in [0.2, 0.25) is 0 Å². The van der Waals surface area contributed by atoms with Crippen LogP contribution in [0.3, 0.4) is 0 Å². The van der Waals surface area contributed by atoms with E-state index in [2.05, 4.69) is 0 Å². The van der Waals surface area contributed by atoms with Gasteiger partial charge in [0, 0.05) is 13.8 Å². The Labute approximate surface area is 153 Å². The zero-order valence-electron chi connectivity index (χ0n) is 14.6. The van der Waals surface area contributed by atoms with Crippen molar-refractivity contribution in [2.45, 2.75) is 20.5 Å². The first-order valence-corrected chi connectivity index (χ1v) is 8.02. The summed E-state index contributed by atoms with van der Waals surface area (Å²) in [5.74, 6) is -1.39. The molecule has 0 radical (unpaired) electrons. The number of carbonyl (C=O) groups is 2. The van der Waals surface area contributed by atoms with Gasteiger partial charge in [-0.15, -0.1) is 0 Å². The van der Waals surface area contributed by atoms with E-state index in [9.17, 15) is 18.8 Å². The molecule has 0 bridgehead atoms. The quantitative estimate of drug-likeness (QED) is 0.516. The van der Waals surface area contributed by atoms with Crippen LogP contribution in [0.25, 0.3) is 22.1 Å². The van der Waals surface area contributed by atoms with Crippen LogP contribution < -0.4 is 10.2 Å². The minimum absolute atomic E-state index is 0.133. The van der Waals surface area contributed by atoms with Crippen LogP contribution in [0.15, 0.2) is 51.9 Å². The average molecular weight is 370 g/mol. The molecule has 138 valence electrons. The van der Waals surface area contributed by atoms with Crippen molar-refractivity contribution in [3.63, 3.8) is 0 Å². The highest BCUT2D eigenvalue weighted by atomic mass is 19.1. The summed E-state index contributed by atoms with van der Waals surface area (Å²) in [7, 11) is 0. The first-order chi connectivity index (χ1) is 12.9. The van der Waals surface area contributed by atoms with E-state index in [0.29, 0.717) is 5.56 Å². The van der Waals surface area contributed by atoms with Crippen LogP contribution >= 0.6 is 0 Å². The van der Waals surface area contributed by atoms with Crippen LogP contribution in [0.4, 0.5) is 4.39 Å². The van der Waals surface area contributed by atoms with Crippen molar-refractivity contribution in [3.05, 3.63) is 64.3 Å². The molecule has 1 heterocycles. The van der Waals surface area contributed by atoms with Crippen molar-refractivity contribution >= 4 is 22.9 Å². The first-order valence-electron chi connectivity index (χ1n) is 8.02. The fourth-order valence-electron chi connectivity index (χ4n) is 2.63. The van der Waals surface area contributed by atoms with E-state index in [1.54, 1.807) is 0 Å². The Hall–Kier alpha value is -3.48. The topological polar surface area (TPSA) is 82.8 Å². The lowest BCUT2D eigenvalue weighted by Crippen LogP contribution is -2.10. The van der Waals surface area contributed by atoms with Gasteiger partial charge in [0.05, 0.1) is 16.5 Å². The molecule has 0 N–H and O–H groups in total. The normalized spacial score (nSPS) is 10.6. The van der Waals surface area contributed by atoms with Crippen molar-refractivity contribution in [2.75, 3.05) is 0 Å². The molecule has 1 aromatic heterocycles. The van der Waals surface area contributed by atoms with Gasteiger partial charge in [-0.25, -0.2) is 4.39 Å². The molecule has 3 aromatic rings. The Morgan fingerprint density at radius 3 is 2.37 bits per heavy atom. The second-order valence-corrected chi connectivity index (χ2v) is 5.78. The maximum absolute atomic E-state index is 13.1. The third-order valence-corrected chi connectivity index (χ3v) is 3.83. The van der Waals surface area contributed by atoms with E-state index in [4.69, 9.17) is 13.9 Å². The number of carbonyl (C=O) groups excluding carboxylic acids is 2. The van der Waals surface area contributed by atoms with Crippen LogP contribution in [0.5, 0.6) is 5.75 Å². The zero-order chi connectivity index (χ0) is 19.6. The zero-order valence-corrected chi connectivity index (χ0v) is 14.6. The van der Waals surface area contributed by atoms with Gasteiger partial charge in [0.2, 0.25) is 5.43 Å². The third kappa shape index (κ3) is 3.87. The van der Waals surface area contributed by atoms with Gasteiger partial charge < -0.3 is 13.9 Å². The molecule has 0 saturated carbocycles. The molecule has 0 aliphatic carbocycles. The minimum Gasteiger partial charge on any atom is -0.463 e. The molecule has 0 fully saturated rings. The molecule has 3 rings (SSSR count). The summed E-state index contributed by atoms with van der Waals surface area (Å²) in [6.07, 6.45) is 1.24. The average Bonchev–Trinajstić information content (AvgIpc) is 2.61. The molecular formula is C20H15FO6. The number of hydrogen-bond acceptors (Lipinski definition) is 6. The fourth-order valence-corrected chi connectivity index (χ4v) is 2.63. The van der Waals surface area contributed by atoms with Crippen molar-refractivity contribution < 1.29 is 27.9 Å². The van der Waals surface area contributed by atoms with E-state index in [1.807, 2.05) is 0 Å². The molecule has 7 heteroatoms. The summed E-state index contributed by atoms with van der Waals surface area (Å²) in [5.41, 5.74) is 0.812. The Morgan fingerprint density at radius 1 is 1.04 bits per heavy atom. The predicted octanol–water partition coefficient (Wildman–Crippen LogP) is 3.59. The van der Waals surface area contributed by atoms with Gasteiger partial charge in [-0.05, 0) is 29.8 Å². The number of fused-ring (bicyclic) bond motifs is 1. The smallest absolute Gasteiger partial charge is 0.308 e. The number of ether oxygens (including phenoxy) is 2. The molecule has 2 aromatic carbocycles. The Bertz CT molecular complexity index is 1080. The number of esters is 2. The summed E-state index contributed by atoms with van der Waals surface area (Å²) in [6, 6.07) is 8.34. The first kappa shape index (κ1) is 18.3. The van der Waals surface area contributed by atoms with Crippen molar-refractivity contribution in [1.29, 1.82) is 0 Å². The molecule has 27 heavy (non-hydrogen) atoms. The minimum atomic E-state index is -0.566. The van der Waals surface area contributed by atoms with Crippen molar-refractivity contribution in [1.82, 2.24) is 0 Å². The van der Waals surface area contributed by atoms with Gasteiger partial charge in [0.1, 0.15) is 30.0 Å². The lowest BCUT2D eigenvalue weighted by atomic mass is 10.0. The van der Waals surface area contributed by atoms with Crippen molar-refractivity contribution in [3.8, 4) is 16.9 Å². The van der Waals surface area contributed by atoms with Gasteiger partial charge in [0.25, 0.3) is 0 Å². The molecule has 0 amide bonds. The monoisotopic (exact) mass is 370 g/mol. The molecule has 0 atom stereocenters. The lowest BCUT2D eigenvalue weighted by Gasteiger charge is -2.12. The molecule has 6 nitrogen and oxygen atoms in total. The lowest BCUT2D eigenvalue weighted by molar-refractivity contribution is -0.142. The van der Waals surface area contributed by atoms with E-state index >= 15 is 0 Å². The summed E-state index contributed by atoms with van der Waals surface area (Å²) >= 11 is 0. The maximum atomic E-state index is 13.1. The summed E-state index contributed by atoms with van der Waals surface area (Å²) < 4.78 is 28.9. The highest BCUT2D eigenvalue weighted by Gasteiger charge is 2.18. The number of hydrogen-bond donors (Lipinski definition) is 0. The van der Waals surface area contributed by atoms with Gasteiger partial charge in [-0.1, -0.05) is 12.1 Å². The molecule has 0 aliphatic rings. The van der Waals surface area contributed by atoms with E-state index in [1.165, 1.54) is 56.5 Å². The molecule has 0 spiro atoms. The Balaban J connectivity index is 2.18. The number of rotatable bonds is 4. The summed E-state index contributed by atoms with van der Waals surface area (Å²) in [6.45, 7) is 2.24. The van der Waals surface area contributed by atoms with Crippen LogP contribution in [0, 0.1) is 5.82 Å². The molecular weight excluding hydrogens is 355 g/mol. The SMILES string of the molecule is CC(=O)OCc1c(OC(C)=O)ccc2c(=O)c(-c3ccc(F)cc3)coc12. The van der Waals surface area contributed by atoms with Crippen molar-refractivity contribution in [2.24, 2.45) is 0 Å². The van der Waals surface area contributed by atoms with Crippen LogP contribution in [0.1, 0.15) is 19.4 Å². The second-order valence-electron chi connectivity index (χ2n) is 5.78. The highest BCUT2D eigenvalue weighted by molar-refractivity contribution is 5.86. The van der Waals surface area contributed by atoms with Gasteiger partial charge in [-0.3, -0.25) is 14.4 Å². The van der Waals surface area contributed by atoms with Gasteiger partial charge in [0.15, 0.2) is 0 Å². The van der Waals surface area contributed by atoms with Crippen LogP contribution in [-0.4, -0.2) is 11.9 Å². The third-order valence-electron chi connectivity index (χ3n) is 3.83. The Kier molecular flexibility index (Phi) is 5.03. The fraction of sp³-hybridized carbons (Fsp3) is 0.150. The summed E-state index contributed by atoms with van der Waals surface area (Å²) in [5, 5.41) is 0.217. The van der Waals surface area contributed by atoms with E-state index in [-0.39, 0.29) is 39.9 Å². The van der Waals surface area contributed by atoms with E-state index < -0.39 is 17.8 Å². The van der Waals surface area contributed by atoms with E-state index in [0.717, 1.165) is 0 Å². The molecule has 0 unspecified atom stereocenters. The number of halogens is 1. The largest absolute Gasteiger partial charge is 0.463 e. The predicted molar refractivity (Wildman–Crippen MR) is 94.7 cm³/mol. The highest BCUT2D eigenvalue weighted by Crippen LogP contribution is 2.29. The Morgan fingerprint density at radius 2 is 1.74 bits per heavy atom. The summed E-state index contributed by atoms with van der Waals surface area (Å²) in [4.78, 5) is 35.4. The molecule has 0 aliphatic heterocycles. The number of benzene rings is 2. The van der Waals surface area contributed by atoms with Crippen LogP contribution in [-0.2, 0) is 20.9 Å².